The van der Waals surface area contributed by atoms with E-state index < -0.39 is 30.2 Å². The monoisotopic (exact) mass is 490 g/mol. The first-order valence-corrected chi connectivity index (χ1v) is 11.6. The van der Waals surface area contributed by atoms with E-state index in [4.69, 9.17) is 4.74 Å². The van der Waals surface area contributed by atoms with Crippen molar-refractivity contribution in [1.82, 2.24) is 10.0 Å². The molecule has 4 rings (SSSR count). The number of alkyl halides is 2. The van der Waals surface area contributed by atoms with Gasteiger partial charge >= 0.3 is 6.09 Å². The Balaban J connectivity index is 1.38. The number of hydrogen-bond acceptors (Lipinski definition) is 6. The number of benzene rings is 2. The highest BCUT2D eigenvalue weighted by molar-refractivity contribution is 5.90. The molecule has 10 heteroatoms. The Hall–Kier alpha value is -3.11. The van der Waals surface area contributed by atoms with Crippen molar-refractivity contribution in [3.8, 4) is 0 Å². The third-order valence-corrected chi connectivity index (χ3v) is 6.43. The first kappa shape index (κ1) is 25.0. The SMILES string of the molecule is CN1CCN(c2ccc(N3C[C@H](CCC(=O)C(F)F)OC3=O)cc2F)CCN1Cc1ccccc1. The zero-order valence-electron chi connectivity index (χ0n) is 19.6. The predicted octanol–water partition coefficient (Wildman–Crippen LogP) is 3.93. The van der Waals surface area contributed by atoms with E-state index >= 15 is 4.39 Å². The van der Waals surface area contributed by atoms with Crippen LogP contribution in [0.5, 0.6) is 0 Å². The van der Waals surface area contributed by atoms with E-state index in [1.165, 1.54) is 16.5 Å². The van der Waals surface area contributed by atoms with Crippen LogP contribution in [0.15, 0.2) is 48.5 Å². The maximum atomic E-state index is 15.2. The molecule has 1 amide bonds. The third-order valence-electron chi connectivity index (χ3n) is 6.43. The second kappa shape index (κ2) is 11.1. The number of nitrogens with zero attached hydrogens (tertiary/aromatic N) is 4. The lowest BCUT2D eigenvalue weighted by Gasteiger charge is -2.29. The van der Waals surface area contributed by atoms with Gasteiger partial charge < -0.3 is 9.64 Å². The number of anilines is 2. The van der Waals surface area contributed by atoms with Crippen molar-refractivity contribution in [2.45, 2.75) is 31.9 Å². The molecule has 188 valence electrons. The average molecular weight is 491 g/mol. The van der Waals surface area contributed by atoms with Crippen molar-refractivity contribution in [2.24, 2.45) is 0 Å². The summed E-state index contributed by atoms with van der Waals surface area (Å²) in [4.78, 5) is 26.7. The summed E-state index contributed by atoms with van der Waals surface area (Å²) in [5.74, 6) is -1.63. The number of carbonyl (C=O) groups excluding carboxylic acids is 2. The number of amides is 1. The Bertz CT molecular complexity index is 1040. The minimum atomic E-state index is -3.03. The number of hydrogen-bond donors (Lipinski definition) is 0. The van der Waals surface area contributed by atoms with Gasteiger partial charge in [0, 0.05) is 46.2 Å². The molecule has 2 aromatic carbocycles. The molecule has 0 radical (unpaired) electrons. The molecule has 7 nitrogen and oxygen atoms in total. The number of cyclic esters (lactones) is 1. The van der Waals surface area contributed by atoms with E-state index in [2.05, 4.69) is 22.2 Å². The summed E-state index contributed by atoms with van der Waals surface area (Å²) in [6.45, 7) is 3.59. The number of hydrazine groups is 1. The van der Waals surface area contributed by atoms with Gasteiger partial charge in [-0.05, 0) is 30.2 Å². The maximum absolute atomic E-state index is 15.2. The number of halogens is 3. The molecule has 2 aromatic rings. The number of Topliss-reactive ketones (excluding diaryl/α,β-unsaturated/α-hetero) is 1. The molecule has 2 aliphatic rings. The molecule has 2 saturated heterocycles. The van der Waals surface area contributed by atoms with E-state index in [-0.39, 0.29) is 19.4 Å². The number of ether oxygens (including phenoxy) is 1. The van der Waals surface area contributed by atoms with Crippen molar-refractivity contribution in [2.75, 3.05) is 49.6 Å². The smallest absolute Gasteiger partial charge is 0.414 e. The Morgan fingerprint density at radius 2 is 1.83 bits per heavy atom. The first-order chi connectivity index (χ1) is 16.8. The fourth-order valence-corrected chi connectivity index (χ4v) is 4.38. The van der Waals surface area contributed by atoms with Crippen molar-refractivity contribution < 1.29 is 27.5 Å². The lowest BCUT2D eigenvalue weighted by Crippen LogP contribution is -2.40. The zero-order valence-corrected chi connectivity index (χ0v) is 19.6. The molecule has 2 fully saturated rings. The van der Waals surface area contributed by atoms with Crippen LogP contribution in [0.4, 0.5) is 29.3 Å². The maximum Gasteiger partial charge on any atom is 0.414 e. The van der Waals surface area contributed by atoms with Crippen molar-refractivity contribution >= 4 is 23.3 Å². The van der Waals surface area contributed by atoms with Crippen LogP contribution in [0.2, 0.25) is 0 Å². The van der Waals surface area contributed by atoms with Gasteiger partial charge in [0.25, 0.3) is 6.43 Å². The summed E-state index contributed by atoms with van der Waals surface area (Å²) in [5, 5.41) is 4.39. The molecule has 0 unspecified atom stereocenters. The number of carbonyl (C=O) groups is 2. The summed E-state index contributed by atoms with van der Waals surface area (Å²) >= 11 is 0. The van der Waals surface area contributed by atoms with Gasteiger partial charge in [0.2, 0.25) is 0 Å². The molecule has 0 bridgehead atoms. The van der Waals surface area contributed by atoms with Gasteiger partial charge in [-0.1, -0.05) is 30.3 Å². The van der Waals surface area contributed by atoms with E-state index in [9.17, 15) is 18.4 Å². The summed E-state index contributed by atoms with van der Waals surface area (Å²) in [7, 11) is 2.02. The van der Waals surface area contributed by atoms with Crippen LogP contribution in [0.1, 0.15) is 18.4 Å². The summed E-state index contributed by atoms with van der Waals surface area (Å²) < 4.78 is 45.1. The van der Waals surface area contributed by atoms with Gasteiger partial charge in [0.05, 0.1) is 17.9 Å². The fraction of sp³-hybridized carbons (Fsp3) is 0.440. The van der Waals surface area contributed by atoms with Crippen LogP contribution in [0.25, 0.3) is 0 Å². The minimum Gasteiger partial charge on any atom is -0.444 e. The molecular weight excluding hydrogens is 461 g/mol. The highest BCUT2D eigenvalue weighted by Crippen LogP contribution is 2.29. The van der Waals surface area contributed by atoms with Gasteiger partial charge in [-0.25, -0.2) is 28.0 Å². The minimum absolute atomic E-state index is 0.00670. The van der Waals surface area contributed by atoms with Crippen molar-refractivity contribution in [3.63, 3.8) is 0 Å². The van der Waals surface area contributed by atoms with E-state index in [1.807, 2.05) is 30.1 Å². The second-order valence-corrected chi connectivity index (χ2v) is 8.80. The molecule has 0 aliphatic carbocycles. The van der Waals surface area contributed by atoms with Crippen LogP contribution >= 0.6 is 0 Å². The van der Waals surface area contributed by atoms with Gasteiger partial charge in [0.1, 0.15) is 11.9 Å². The summed E-state index contributed by atoms with van der Waals surface area (Å²) in [6, 6.07) is 14.8. The van der Waals surface area contributed by atoms with Gasteiger partial charge in [-0.2, -0.15) is 0 Å². The first-order valence-electron chi connectivity index (χ1n) is 11.6. The molecule has 0 aromatic heterocycles. The fourth-order valence-electron chi connectivity index (χ4n) is 4.38. The van der Waals surface area contributed by atoms with Crippen LogP contribution in [0, 0.1) is 5.82 Å². The van der Waals surface area contributed by atoms with E-state index in [0.29, 0.717) is 24.5 Å². The normalized spacial score (nSPS) is 19.8. The van der Waals surface area contributed by atoms with Gasteiger partial charge in [-0.3, -0.25) is 9.69 Å². The van der Waals surface area contributed by atoms with E-state index in [1.54, 1.807) is 12.1 Å². The lowest BCUT2D eigenvalue weighted by atomic mass is 10.1. The van der Waals surface area contributed by atoms with E-state index in [0.717, 1.165) is 19.6 Å². The largest absolute Gasteiger partial charge is 0.444 e. The molecular formula is C25H29F3N4O3. The predicted molar refractivity (Wildman–Crippen MR) is 126 cm³/mol. The molecule has 0 saturated carbocycles. The van der Waals surface area contributed by atoms with Gasteiger partial charge in [-0.15, -0.1) is 0 Å². The highest BCUT2D eigenvalue weighted by Gasteiger charge is 2.33. The summed E-state index contributed by atoms with van der Waals surface area (Å²) in [5.41, 5.74) is 1.99. The number of rotatable bonds is 8. The second-order valence-electron chi connectivity index (χ2n) is 8.80. The third kappa shape index (κ3) is 6.12. The van der Waals surface area contributed by atoms with Crippen LogP contribution in [-0.2, 0) is 16.1 Å². The Labute approximate surface area is 202 Å². The van der Waals surface area contributed by atoms with Crippen LogP contribution < -0.4 is 9.80 Å². The van der Waals surface area contributed by atoms with Crippen LogP contribution in [0.3, 0.4) is 0 Å². The molecule has 0 spiro atoms. The Morgan fingerprint density at radius 3 is 2.54 bits per heavy atom. The number of likely N-dealkylation sites (N-methyl/N-ethyl adjacent to an activating group) is 1. The summed E-state index contributed by atoms with van der Waals surface area (Å²) in [6.07, 6.45) is -4.77. The van der Waals surface area contributed by atoms with Crippen molar-refractivity contribution in [3.05, 3.63) is 59.9 Å². The molecule has 35 heavy (non-hydrogen) atoms. The lowest BCUT2D eigenvalue weighted by molar-refractivity contribution is -0.129. The highest BCUT2D eigenvalue weighted by atomic mass is 19.3. The molecule has 2 aliphatic heterocycles. The number of ketones is 1. The Kier molecular flexibility index (Phi) is 7.92. The average Bonchev–Trinajstić information content (AvgIpc) is 3.13. The standard InChI is InChI=1S/C25H29F3N4O3/c1-29-11-12-30(13-14-31(29)16-18-5-3-2-4-6-18)22-9-7-19(15-21(22)26)32-17-20(35-25(32)34)8-10-23(33)24(27)28/h2-7,9,15,20,24H,8,10-14,16-17H2,1H3/t20-/m0/s1. The molecule has 2 heterocycles. The Morgan fingerprint density at radius 1 is 1.09 bits per heavy atom. The van der Waals surface area contributed by atoms with Gasteiger partial charge in [0.15, 0.2) is 5.78 Å². The quantitative estimate of drug-likeness (QED) is 0.559. The zero-order chi connectivity index (χ0) is 24.9. The van der Waals surface area contributed by atoms with Crippen LogP contribution in [-0.4, -0.2) is 74.2 Å². The van der Waals surface area contributed by atoms with Crippen molar-refractivity contribution in [1.29, 1.82) is 0 Å². The topological polar surface area (TPSA) is 56.3 Å². The molecule has 1 atom stereocenters. The molecule has 0 N–H and O–H groups in total.